The van der Waals surface area contributed by atoms with Crippen LogP contribution < -0.4 is 5.32 Å². The largest absolute Gasteiger partial charge is 0.320 e. The summed E-state index contributed by atoms with van der Waals surface area (Å²) in [6.07, 6.45) is 9.99. The number of aryl methyl sites for hydroxylation is 2. The van der Waals surface area contributed by atoms with E-state index in [1.807, 2.05) is 7.05 Å². The molecule has 0 aliphatic heterocycles. The monoisotopic (exact) mass is 285 g/mol. The van der Waals surface area contributed by atoms with Crippen molar-refractivity contribution in [2.45, 2.75) is 58.3 Å². The van der Waals surface area contributed by atoms with Crippen LogP contribution in [0.4, 0.5) is 0 Å². The normalized spacial score (nSPS) is 17.5. The molecule has 116 valence electrons. The van der Waals surface area contributed by atoms with Crippen LogP contribution >= 0.6 is 0 Å². The Bertz CT molecular complexity index is 471. The molecular weight excluding hydrogens is 254 g/mol. The first-order valence-corrected chi connectivity index (χ1v) is 8.45. The number of benzene rings is 1. The van der Waals surface area contributed by atoms with E-state index in [2.05, 4.69) is 50.0 Å². The SMILES string of the molecule is C=CCC1(C(CCCCNC)c2ccc(C)cc2C)CC1. The summed E-state index contributed by atoms with van der Waals surface area (Å²) in [6.45, 7) is 9.61. The maximum absolute atomic E-state index is 4.00. The van der Waals surface area contributed by atoms with Crippen LogP contribution in [0.2, 0.25) is 0 Å². The quantitative estimate of drug-likeness (QED) is 0.490. The molecule has 0 heterocycles. The molecule has 0 aromatic heterocycles. The van der Waals surface area contributed by atoms with E-state index >= 15 is 0 Å². The number of allylic oxidation sites excluding steroid dienone is 1. The molecule has 1 aliphatic carbocycles. The van der Waals surface area contributed by atoms with E-state index in [4.69, 9.17) is 0 Å². The van der Waals surface area contributed by atoms with Gasteiger partial charge in [0.05, 0.1) is 0 Å². The zero-order valence-corrected chi connectivity index (χ0v) is 14.0. The van der Waals surface area contributed by atoms with Gasteiger partial charge in [0, 0.05) is 0 Å². The second-order valence-electron chi connectivity index (χ2n) is 6.87. The van der Waals surface area contributed by atoms with Crippen molar-refractivity contribution in [2.24, 2.45) is 5.41 Å². The molecule has 1 N–H and O–H groups in total. The second-order valence-corrected chi connectivity index (χ2v) is 6.87. The first kappa shape index (κ1) is 16.3. The van der Waals surface area contributed by atoms with Gasteiger partial charge in [-0.1, -0.05) is 36.3 Å². The lowest BCUT2D eigenvalue weighted by Gasteiger charge is -2.28. The summed E-state index contributed by atoms with van der Waals surface area (Å²) >= 11 is 0. The average molecular weight is 285 g/mol. The zero-order chi connectivity index (χ0) is 15.3. The van der Waals surface area contributed by atoms with Crippen molar-refractivity contribution >= 4 is 0 Å². The Labute approximate surface area is 130 Å². The van der Waals surface area contributed by atoms with Crippen LogP contribution in [0, 0.1) is 19.3 Å². The number of hydrogen-bond acceptors (Lipinski definition) is 1. The van der Waals surface area contributed by atoms with Gasteiger partial charge in [0.2, 0.25) is 0 Å². The van der Waals surface area contributed by atoms with E-state index in [1.165, 1.54) is 49.7 Å². The Kier molecular flexibility index (Phi) is 5.64. The predicted molar refractivity (Wildman–Crippen MR) is 92.9 cm³/mol. The Morgan fingerprint density at radius 2 is 2.05 bits per heavy atom. The Hall–Kier alpha value is -1.08. The van der Waals surface area contributed by atoms with Crippen LogP contribution in [0.15, 0.2) is 30.9 Å². The molecule has 1 atom stereocenters. The number of unbranched alkanes of at least 4 members (excludes halogenated alkanes) is 1. The lowest BCUT2D eigenvalue weighted by Crippen LogP contribution is -2.16. The van der Waals surface area contributed by atoms with Gasteiger partial charge in [-0.15, -0.1) is 6.58 Å². The highest BCUT2D eigenvalue weighted by Gasteiger charge is 2.48. The predicted octanol–water partition coefficient (Wildman–Crippen LogP) is 5.13. The maximum Gasteiger partial charge on any atom is -0.00519 e. The van der Waals surface area contributed by atoms with Gasteiger partial charge in [-0.3, -0.25) is 0 Å². The van der Waals surface area contributed by atoms with Gasteiger partial charge >= 0.3 is 0 Å². The highest BCUT2D eigenvalue weighted by molar-refractivity contribution is 5.35. The summed E-state index contributed by atoms with van der Waals surface area (Å²) in [4.78, 5) is 0. The van der Waals surface area contributed by atoms with Crippen LogP contribution in [0.1, 0.15) is 61.1 Å². The molecule has 0 spiro atoms. The fourth-order valence-electron chi connectivity index (χ4n) is 3.80. The van der Waals surface area contributed by atoms with Crippen molar-refractivity contribution in [1.29, 1.82) is 0 Å². The third-order valence-corrected chi connectivity index (χ3v) is 5.15. The standard InChI is InChI=1S/C20H31N/c1-5-11-20(12-13-20)19(8-6-7-14-21-4)18-10-9-16(2)15-17(18)3/h5,9-10,15,19,21H,1,6-8,11-14H2,2-4H3. The fraction of sp³-hybridized carbons (Fsp3) is 0.600. The van der Waals surface area contributed by atoms with Gasteiger partial charge in [0.15, 0.2) is 0 Å². The van der Waals surface area contributed by atoms with E-state index in [9.17, 15) is 0 Å². The summed E-state index contributed by atoms with van der Waals surface area (Å²) in [5.74, 6) is 0.716. The minimum absolute atomic E-state index is 0.515. The minimum atomic E-state index is 0.515. The molecule has 0 saturated heterocycles. The molecule has 1 saturated carbocycles. The summed E-state index contributed by atoms with van der Waals surface area (Å²) in [5.41, 5.74) is 4.95. The summed E-state index contributed by atoms with van der Waals surface area (Å²) < 4.78 is 0. The van der Waals surface area contributed by atoms with Crippen molar-refractivity contribution in [3.05, 3.63) is 47.5 Å². The number of nitrogens with one attached hydrogen (secondary N) is 1. The summed E-state index contributed by atoms with van der Waals surface area (Å²) in [6, 6.07) is 7.02. The van der Waals surface area contributed by atoms with Gasteiger partial charge in [0.1, 0.15) is 0 Å². The van der Waals surface area contributed by atoms with Gasteiger partial charge < -0.3 is 5.32 Å². The van der Waals surface area contributed by atoms with Crippen LogP contribution in [0.3, 0.4) is 0 Å². The summed E-state index contributed by atoms with van der Waals surface area (Å²) in [5, 5.41) is 3.26. The molecule has 0 radical (unpaired) electrons. The van der Waals surface area contributed by atoms with Crippen LogP contribution in [0.5, 0.6) is 0 Å². The van der Waals surface area contributed by atoms with Crippen molar-refractivity contribution in [3.8, 4) is 0 Å². The molecule has 1 nitrogen and oxygen atoms in total. The van der Waals surface area contributed by atoms with Gasteiger partial charge in [-0.25, -0.2) is 0 Å². The van der Waals surface area contributed by atoms with Crippen LogP contribution in [-0.2, 0) is 0 Å². The fourth-order valence-corrected chi connectivity index (χ4v) is 3.80. The molecule has 21 heavy (non-hydrogen) atoms. The van der Waals surface area contributed by atoms with Crippen LogP contribution in [-0.4, -0.2) is 13.6 Å². The van der Waals surface area contributed by atoms with Crippen molar-refractivity contribution in [2.75, 3.05) is 13.6 Å². The van der Waals surface area contributed by atoms with Gasteiger partial charge in [-0.2, -0.15) is 0 Å². The lowest BCUT2D eigenvalue weighted by molar-refractivity contribution is 0.369. The highest BCUT2D eigenvalue weighted by Crippen LogP contribution is 2.60. The zero-order valence-electron chi connectivity index (χ0n) is 14.0. The third kappa shape index (κ3) is 3.97. The first-order chi connectivity index (χ1) is 10.1. The topological polar surface area (TPSA) is 12.0 Å². The van der Waals surface area contributed by atoms with E-state index < -0.39 is 0 Å². The Morgan fingerprint density at radius 3 is 2.62 bits per heavy atom. The van der Waals surface area contributed by atoms with Crippen molar-refractivity contribution < 1.29 is 0 Å². The average Bonchev–Trinajstić information content (AvgIpc) is 3.21. The molecule has 1 aromatic rings. The molecule has 1 aliphatic rings. The molecule has 1 fully saturated rings. The van der Waals surface area contributed by atoms with E-state index in [0.717, 1.165) is 6.54 Å². The first-order valence-electron chi connectivity index (χ1n) is 8.45. The smallest absolute Gasteiger partial charge is 0.00519 e. The van der Waals surface area contributed by atoms with Crippen LogP contribution in [0.25, 0.3) is 0 Å². The van der Waals surface area contributed by atoms with Crippen molar-refractivity contribution in [3.63, 3.8) is 0 Å². The Balaban J connectivity index is 2.17. The molecule has 1 heteroatoms. The highest BCUT2D eigenvalue weighted by atomic mass is 14.8. The van der Waals surface area contributed by atoms with Crippen molar-refractivity contribution in [1.82, 2.24) is 5.32 Å². The van der Waals surface area contributed by atoms with E-state index in [-0.39, 0.29) is 0 Å². The molecule has 1 aromatic carbocycles. The number of rotatable bonds is 9. The second kappa shape index (κ2) is 7.26. The van der Waals surface area contributed by atoms with Gasteiger partial charge in [0.25, 0.3) is 0 Å². The molecule has 0 amide bonds. The lowest BCUT2D eigenvalue weighted by atomic mass is 9.76. The van der Waals surface area contributed by atoms with E-state index in [1.54, 1.807) is 5.56 Å². The minimum Gasteiger partial charge on any atom is -0.320 e. The Morgan fingerprint density at radius 1 is 1.29 bits per heavy atom. The maximum atomic E-state index is 4.00. The molecule has 2 rings (SSSR count). The molecular formula is C20H31N. The number of hydrogen-bond donors (Lipinski definition) is 1. The summed E-state index contributed by atoms with van der Waals surface area (Å²) in [7, 11) is 2.04. The van der Waals surface area contributed by atoms with Gasteiger partial charge in [-0.05, 0) is 82.0 Å². The third-order valence-electron chi connectivity index (χ3n) is 5.15. The molecule has 1 unspecified atom stereocenters. The van der Waals surface area contributed by atoms with E-state index in [0.29, 0.717) is 11.3 Å². The molecule has 0 bridgehead atoms.